The molecule has 0 aromatic heterocycles. The molecule has 1 atom stereocenters. The van der Waals surface area contributed by atoms with Crippen LogP contribution in [-0.4, -0.2) is 38.6 Å². The number of anilines is 1. The molecule has 6 nitrogen and oxygen atoms in total. The summed E-state index contributed by atoms with van der Waals surface area (Å²) in [5.41, 5.74) is 1.84. The summed E-state index contributed by atoms with van der Waals surface area (Å²) < 4.78 is 9.37. The zero-order valence-corrected chi connectivity index (χ0v) is 12.2. The molecule has 1 saturated heterocycles. The van der Waals surface area contributed by atoms with Gasteiger partial charge >= 0.3 is 11.9 Å². The Bertz CT molecular complexity index is 596. The molecule has 112 valence electrons. The molecule has 0 bridgehead atoms. The Morgan fingerprint density at radius 2 is 1.95 bits per heavy atom. The van der Waals surface area contributed by atoms with E-state index in [2.05, 4.69) is 9.47 Å². The Morgan fingerprint density at radius 3 is 2.57 bits per heavy atom. The molecule has 0 unspecified atom stereocenters. The first kappa shape index (κ1) is 15.0. The molecular formula is C15H17NO5. The number of rotatable bonds is 3. The molecule has 0 saturated carbocycles. The molecule has 6 heteroatoms. The molecule has 2 rings (SSSR count). The van der Waals surface area contributed by atoms with Gasteiger partial charge in [-0.15, -0.1) is 0 Å². The fourth-order valence-electron chi connectivity index (χ4n) is 2.41. The summed E-state index contributed by atoms with van der Waals surface area (Å²) in [6.45, 7) is 2.10. The number of aryl methyl sites for hydroxylation is 1. The molecule has 1 aliphatic rings. The first-order chi connectivity index (χ1) is 9.97. The smallest absolute Gasteiger partial charge is 0.337 e. The van der Waals surface area contributed by atoms with Crippen LogP contribution in [0.2, 0.25) is 0 Å². The van der Waals surface area contributed by atoms with Crippen molar-refractivity contribution in [3.63, 3.8) is 0 Å². The van der Waals surface area contributed by atoms with Crippen molar-refractivity contribution in [2.24, 2.45) is 5.92 Å². The summed E-state index contributed by atoms with van der Waals surface area (Å²) in [5, 5.41) is 0. The van der Waals surface area contributed by atoms with Crippen molar-refractivity contribution in [1.29, 1.82) is 0 Å². The summed E-state index contributed by atoms with van der Waals surface area (Å²) in [6, 6.07) is 5.00. The van der Waals surface area contributed by atoms with Crippen molar-refractivity contribution >= 4 is 23.5 Å². The van der Waals surface area contributed by atoms with Crippen molar-refractivity contribution in [2.45, 2.75) is 13.3 Å². The maximum absolute atomic E-state index is 12.1. The van der Waals surface area contributed by atoms with Gasteiger partial charge in [-0.2, -0.15) is 0 Å². The highest BCUT2D eigenvalue weighted by atomic mass is 16.5. The number of ether oxygens (including phenoxy) is 2. The predicted octanol–water partition coefficient (Wildman–Crippen LogP) is 1.31. The molecule has 0 spiro atoms. The second kappa shape index (κ2) is 5.95. The third kappa shape index (κ3) is 2.89. The van der Waals surface area contributed by atoms with Crippen LogP contribution in [0.3, 0.4) is 0 Å². The van der Waals surface area contributed by atoms with Gasteiger partial charge in [-0.3, -0.25) is 9.59 Å². The number of amides is 1. The molecule has 1 aliphatic heterocycles. The largest absolute Gasteiger partial charge is 0.469 e. The number of methoxy groups -OCH3 is 2. The molecule has 0 N–H and O–H groups in total. The average molecular weight is 291 g/mol. The van der Waals surface area contributed by atoms with Gasteiger partial charge in [0.05, 0.1) is 25.7 Å². The second-order valence-electron chi connectivity index (χ2n) is 4.92. The quantitative estimate of drug-likeness (QED) is 0.785. The molecule has 1 amide bonds. The topological polar surface area (TPSA) is 72.9 Å². The Kier molecular flexibility index (Phi) is 4.26. The summed E-state index contributed by atoms with van der Waals surface area (Å²) in [4.78, 5) is 36.8. The minimum atomic E-state index is -0.469. The van der Waals surface area contributed by atoms with Gasteiger partial charge in [0.2, 0.25) is 5.91 Å². The first-order valence-corrected chi connectivity index (χ1v) is 6.55. The summed E-state index contributed by atoms with van der Waals surface area (Å²) >= 11 is 0. The van der Waals surface area contributed by atoms with Crippen LogP contribution in [0.4, 0.5) is 5.69 Å². The van der Waals surface area contributed by atoms with Gasteiger partial charge in [0.15, 0.2) is 0 Å². The van der Waals surface area contributed by atoms with E-state index in [0.29, 0.717) is 11.3 Å². The lowest BCUT2D eigenvalue weighted by atomic mass is 10.1. The van der Waals surface area contributed by atoms with E-state index in [1.807, 2.05) is 6.92 Å². The van der Waals surface area contributed by atoms with E-state index in [4.69, 9.17) is 0 Å². The number of hydrogen-bond acceptors (Lipinski definition) is 5. The third-order valence-corrected chi connectivity index (χ3v) is 3.58. The van der Waals surface area contributed by atoms with Crippen molar-refractivity contribution in [3.05, 3.63) is 29.3 Å². The Labute approximate surface area is 122 Å². The van der Waals surface area contributed by atoms with Gasteiger partial charge in [-0.1, -0.05) is 6.07 Å². The van der Waals surface area contributed by atoms with Gasteiger partial charge in [-0.05, 0) is 24.6 Å². The fourth-order valence-corrected chi connectivity index (χ4v) is 2.41. The molecule has 0 radical (unpaired) electrons. The second-order valence-corrected chi connectivity index (χ2v) is 4.92. The van der Waals surface area contributed by atoms with Crippen molar-refractivity contribution in [1.82, 2.24) is 0 Å². The van der Waals surface area contributed by atoms with Crippen molar-refractivity contribution < 1.29 is 23.9 Å². The summed E-state index contributed by atoms with van der Waals surface area (Å²) in [6.07, 6.45) is 0.120. The summed E-state index contributed by atoms with van der Waals surface area (Å²) in [5.74, 6) is -1.49. The zero-order chi connectivity index (χ0) is 15.6. The normalized spacial score (nSPS) is 17.8. The number of carbonyl (C=O) groups is 3. The lowest BCUT2D eigenvalue weighted by Gasteiger charge is -2.19. The highest BCUT2D eigenvalue weighted by molar-refractivity contribution is 6.01. The van der Waals surface area contributed by atoms with Crippen LogP contribution < -0.4 is 4.90 Å². The van der Waals surface area contributed by atoms with Crippen molar-refractivity contribution in [3.8, 4) is 0 Å². The average Bonchev–Trinajstić information content (AvgIpc) is 2.88. The minimum Gasteiger partial charge on any atom is -0.469 e. The molecule has 1 aromatic carbocycles. The van der Waals surface area contributed by atoms with Crippen molar-refractivity contribution in [2.75, 3.05) is 25.7 Å². The van der Waals surface area contributed by atoms with E-state index in [9.17, 15) is 14.4 Å². The zero-order valence-electron chi connectivity index (χ0n) is 12.2. The van der Waals surface area contributed by atoms with Crippen LogP contribution in [-0.2, 0) is 19.1 Å². The first-order valence-electron chi connectivity index (χ1n) is 6.55. The van der Waals surface area contributed by atoms with E-state index in [-0.39, 0.29) is 18.9 Å². The van der Waals surface area contributed by atoms with Crippen LogP contribution in [0.5, 0.6) is 0 Å². The van der Waals surface area contributed by atoms with E-state index < -0.39 is 17.9 Å². The Balaban J connectivity index is 2.31. The van der Waals surface area contributed by atoms with Crippen LogP contribution >= 0.6 is 0 Å². The number of nitrogens with zero attached hydrogens (tertiary/aromatic N) is 1. The SMILES string of the molecule is COC(=O)c1ccc(C)c(N2C[C@H](C(=O)OC)CC2=O)c1. The molecule has 1 fully saturated rings. The molecule has 1 aromatic rings. The maximum Gasteiger partial charge on any atom is 0.337 e. The van der Waals surface area contributed by atoms with Gasteiger partial charge in [0.25, 0.3) is 0 Å². The molecule has 0 aliphatic carbocycles. The van der Waals surface area contributed by atoms with Gasteiger partial charge < -0.3 is 14.4 Å². The third-order valence-electron chi connectivity index (χ3n) is 3.58. The highest BCUT2D eigenvalue weighted by Gasteiger charge is 2.36. The highest BCUT2D eigenvalue weighted by Crippen LogP contribution is 2.29. The van der Waals surface area contributed by atoms with Gasteiger partial charge in [0, 0.05) is 18.7 Å². The number of carbonyl (C=O) groups excluding carboxylic acids is 3. The lowest BCUT2D eigenvalue weighted by Crippen LogP contribution is -2.27. The van der Waals surface area contributed by atoms with Crippen LogP contribution in [0.15, 0.2) is 18.2 Å². The Morgan fingerprint density at radius 1 is 1.24 bits per heavy atom. The summed E-state index contributed by atoms with van der Waals surface area (Å²) in [7, 11) is 2.61. The lowest BCUT2D eigenvalue weighted by molar-refractivity contribution is -0.145. The van der Waals surface area contributed by atoms with Crippen LogP contribution in [0, 0.1) is 12.8 Å². The number of benzene rings is 1. The van der Waals surface area contributed by atoms with E-state index >= 15 is 0 Å². The standard InChI is InChI=1S/C15H17NO5/c1-9-4-5-10(14(18)20-2)6-12(9)16-8-11(7-13(16)17)15(19)21-3/h4-6,11H,7-8H2,1-3H3/t11-/m1/s1. The van der Waals surface area contributed by atoms with Gasteiger partial charge in [0.1, 0.15) is 0 Å². The number of esters is 2. The van der Waals surface area contributed by atoms with Crippen LogP contribution in [0.25, 0.3) is 0 Å². The number of hydrogen-bond donors (Lipinski definition) is 0. The van der Waals surface area contributed by atoms with E-state index in [1.54, 1.807) is 18.2 Å². The van der Waals surface area contributed by atoms with E-state index in [1.165, 1.54) is 19.1 Å². The van der Waals surface area contributed by atoms with Crippen LogP contribution in [0.1, 0.15) is 22.3 Å². The monoisotopic (exact) mass is 291 g/mol. The van der Waals surface area contributed by atoms with Gasteiger partial charge in [-0.25, -0.2) is 4.79 Å². The molecular weight excluding hydrogens is 274 g/mol. The minimum absolute atomic E-state index is 0.120. The molecule has 1 heterocycles. The van der Waals surface area contributed by atoms with E-state index in [0.717, 1.165) is 5.56 Å². The fraction of sp³-hybridized carbons (Fsp3) is 0.400. The predicted molar refractivity (Wildman–Crippen MR) is 75.0 cm³/mol. The maximum atomic E-state index is 12.1. The Hall–Kier alpha value is -2.37. The molecule has 21 heavy (non-hydrogen) atoms.